The van der Waals surface area contributed by atoms with Crippen molar-refractivity contribution in [1.82, 2.24) is 5.32 Å². The number of halogens is 2. The topological polar surface area (TPSA) is 55.1 Å². The Balaban J connectivity index is 2.76. The molecular weight excluding hydrogens is 415 g/mol. The van der Waals surface area contributed by atoms with Gasteiger partial charge in [0.2, 0.25) is 0 Å². The molecule has 1 unspecified atom stereocenters. The average molecular weight is 427 g/mol. The lowest BCUT2D eigenvalue weighted by atomic mass is 10.2. The van der Waals surface area contributed by atoms with Gasteiger partial charge in [0.05, 0.1) is 10.6 Å². The zero-order valence-electron chi connectivity index (χ0n) is 9.17. The number of carbonyl (C=O) groups excluding carboxylic acids is 1. The van der Waals surface area contributed by atoms with E-state index < -0.39 is 0 Å². The van der Waals surface area contributed by atoms with Crippen LogP contribution in [0.4, 0.5) is 0 Å². The second-order valence-corrected chi connectivity index (χ2v) is 6.27. The zero-order valence-corrected chi connectivity index (χ0v) is 13.7. The summed E-state index contributed by atoms with van der Waals surface area (Å²) in [5, 5.41) is 2.86. The highest BCUT2D eigenvalue weighted by Gasteiger charge is 2.13. The van der Waals surface area contributed by atoms with E-state index in [4.69, 9.17) is 18.0 Å². The Labute approximate surface area is 128 Å². The van der Waals surface area contributed by atoms with Gasteiger partial charge >= 0.3 is 0 Å². The molecule has 0 heterocycles. The fourth-order valence-electron chi connectivity index (χ4n) is 1.33. The standard InChI is InChI=1S/C11H12BrIN2OS/c1-6(4-10(14)17)15-11(16)8-5-7(12)2-3-9(8)13/h2-3,5-6H,4H2,1H3,(H2,14,17)(H,15,16). The van der Waals surface area contributed by atoms with Crippen molar-refractivity contribution in [3.8, 4) is 0 Å². The molecule has 3 nitrogen and oxygen atoms in total. The summed E-state index contributed by atoms with van der Waals surface area (Å²) in [6.07, 6.45) is 0.506. The molecule has 6 heteroatoms. The zero-order chi connectivity index (χ0) is 13.0. The van der Waals surface area contributed by atoms with Crippen LogP contribution in [0.5, 0.6) is 0 Å². The van der Waals surface area contributed by atoms with Crippen LogP contribution in [0.25, 0.3) is 0 Å². The van der Waals surface area contributed by atoms with Crippen LogP contribution in [-0.4, -0.2) is 16.9 Å². The van der Waals surface area contributed by atoms with Gasteiger partial charge in [-0.2, -0.15) is 0 Å². The molecule has 3 N–H and O–H groups in total. The predicted octanol–water partition coefficient (Wildman–Crippen LogP) is 2.85. The number of hydrogen-bond acceptors (Lipinski definition) is 2. The third kappa shape index (κ3) is 4.89. The van der Waals surface area contributed by atoms with Crippen LogP contribution < -0.4 is 11.1 Å². The van der Waals surface area contributed by atoms with Crippen LogP contribution >= 0.6 is 50.7 Å². The Bertz CT molecular complexity index is 453. The molecule has 1 aromatic carbocycles. The molecule has 0 radical (unpaired) electrons. The Morgan fingerprint density at radius 1 is 1.65 bits per heavy atom. The molecule has 0 aliphatic carbocycles. The number of benzene rings is 1. The monoisotopic (exact) mass is 426 g/mol. The van der Waals surface area contributed by atoms with Crippen molar-refractivity contribution in [2.45, 2.75) is 19.4 Å². The van der Waals surface area contributed by atoms with Gasteiger partial charge < -0.3 is 11.1 Å². The van der Waals surface area contributed by atoms with E-state index in [9.17, 15) is 4.79 Å². The molecule has 0 saturated carbocycles. The molecule has 1 rings (SSSR count). The molecule has 1 atom stereocenters. The summed E-state index contributed by atoms with van der Waals surface area (Å²) in [4.78, 5) is 12.4. The highest BCUT2D eigenvalue weighted by Crippen LogP contribution is 2.18. The lowest BCUT2D eigenvalue weighted by Crippen LogP contribution is -2.35. The summed E-state index contributed by atoms with van der Waals surface area (Å²) >= 11 is 10.3. The number of nitrogens with one attached hydrogen (secondary N) is 1. The molecule has 1 aromatic rings. The summed E-state index contributed by atoms with van der Waals surface area (Å²) in [5.74, 6) is -0.112. The summed E-state index contributed by atoms with van der Waals surface area (Å²) in [6, 6.07) is 5.52. The quantitative estimate of drug-likeness (QED) is 0.575. The Hall–Kier alpha value is -0.210. The van der Waals surface area contributed by atoms with E-state index in [0.717, 1.165) is 8.04 Å². The minimum absolute atomic E-state index is 0.0604. The van der Waals surface area contributed by atoms with Crippen LogP contribution in [0.3, 0.4) is 0 Å². The van der Waals surface area contributed by atoms with Crippen LogP contribution in [-0.2, 0) is 0 Å². The van der Waals surface area contributed by atoms with Gasteiger partial charge in [0, 0.05) is 20.5 Å². The largest absolute Gasteiger partial charge is 0.393 e. The minimum Gasteiger partial charge on any atom is -0.393 e. The lowest BCUT2D eigenvalue weighted by molar-refractivity contribution is 0.0940. The van der Waals surface area contributed by atoms with Crippen molar-refractivity contribution in [1.29, 1.82) is 0 Å². The summed E-state index contributed by atoms with van der Waals surface area (Å²) in [7, 11) is 0. The predicted molar refractivity (Wildman–Crippen MR) is 85.2 cm³/mol. The van der Waals surface area contributed by atoms with Crippen molar-refractivity contribution in [3.63, 3.8) is 0 Å². The van der Waals surface area contributed by atoms with E-state index in [0.29, 0.717) is 17.0 Å². The van der Waals surface area contributed by atoms with Crippen LogP contribution in [0.1, 0.15) is 23.7 Å². The maximum absolute atomic E-state index is 12.0. The van der Waals surface area contributed by atoms with Crippen LogP contribution in [0.15, 0.2) is 22.7 Å². The minimum atomic E-state index is -0.112. The molecule has 0 fully saturated rings. The van der Waals surface area contributed by atoms with Gasteiger partial charge in [0.15, 0.2) is 0 Å². The fraction of sp³-hybridized carbons (Fsp3) is 0.273. The maximum atomic E-state index is 12.0. The second kappa shape index (κ2) is 6.65. The molecule has 1 amide bonds. The smallest absolute Gasteiger partial charge is 0.252 e. The van der Waals surface area contributed by atoms with Crippen molar-refractivity contribution in [2.75, 3.05) is 0 Å². The Morgan fingerprint density at radius 2 is 2.29 bits per heavy atom. The van der Waals surface area contributed by atoms with Gasteiger partial charge in [-0.3, -0.25) is 4.79 Å². The Morgan fingerprint density at radius 3 is 2.88 bits per heavy atom. The van der Waals surface area contributed by atoms with E-state index in [1.165, 1.54) is 0 Å². The average Bonchev–Trinajstić information content (AvgIpc) is 2.20. The third-order valence-electron chi connectivity index (χ3n) is 2.06. The Kier molecular flexibility index (Phi) is 5.81. The van der Waals surface area contributed by atoms with Crippen molar-refractivity contribution < 1.29 is 4.79 Å². The van der Waals surface area contributed by atoms with Gasteiger partial charge in [0.25, 0.3) is 5.91 Å². The lowest BCUT2D eigenvalue weighted by Gasteiger charge is -2.13. The van der Waals surface area contributed by atoms with E-state index in [2.05, 4.69) is 43.8 Å². The van der Waals surface area contributed by atoms with E-state index in [1.807, 2.05) is 19.1 Å². The first-order chi connectivity index (χ1) is 7.90. The van der Waals surface area contributed by atoms with E-state index in [-0.39, 0.29) is 11.9 Å². The number of nitrogens with two attached hydrogens (primary N) is 1. The van der Waals surface area contributed by atoms with Crippen molar-refractivity contribution in [3.05, 3.63) is 31.8 Å². The van der Waals surface area contributed by atoms with Gasteiger partial charge in [-0.05, 0) is 47.7 Å². The number of rotatable bonds is 4. The molecule has 0 aromatic heterocycles. The van der Waals surface area contributed by atoms with Crippen molar-refractivity contribution in [2.24, 2.45) is 5.73 Å². The number of thiocarbonyl (C=S) groups is 1. The molecule has 0 aliphatic heterocycles. The summed E-state index contributed by atoms with van der Waals surface area (Å²) < 4.78 is 1.79. The first-order valence-electron chi connectivity index (χ1n) is 4.94. The number of hydrogen-bond donors (Lipinski definition) is 2. The third-order valence-corrected chi connectivity index (χ3v) is 3.66. The summed E-state index contributed by atoms with van der Waals surface area (Å²) in [6.45, 7) is 1.88. The number of carbonyl (C=O) groups is 1. The second-order valence-electron chi connectivity index (χ2n) is 3.67. The van der Waals surface area contributed by atoms with Gasteiger partial charge in [-0.25, -0.2) is 0 Å². The molecule has 0 spiro atoms. The number of amides is 1. The van der Waals surface area contributed by atoms with Crippen LogP contribution in [0.2, 0.25) is 0 Å². The highest BCUT2D eigenvalue weighted by atomic mass is 127. The van der Waals surface area contributed by atoms with Gasteiger partial charge in [0.1, 0.15) is 0 Å². The molecule has 92 valence electrons. The van der Waals surface area contributed by atoms with Crippen LogP contribution in [0, 0.1) is 3.57 Å². The fourth-order valence-corrected chi connectivity index (χ4v) is 2.52. The van der Waals surface area contributed by atoms with E-state index >= 15 is 0 Å². The van der Waals surface area contributed by atoms with Gasteiger partial charge in [-0.15, -0.1) is 0 Å². The highest BCUT2D eigenvalue weighted by molar-refractivity contribution is 14.1. The maximum Gasteiger partial charge on any atom is 0.252 e. The first-order valence-corrected chi connectivity index (χ1v) is 7.22. The normalized spacial score (nSPS) is 11.9. The first kappa shape index (κ1) is 14.8. The van der Waals surface area contributed by atoms with Gasteiger partial charge in [-0.1, -0.05) is 28.1 Å². The summed E-state index contributed by atoms with van der Waals surface area (Å²) in [5.41, 5.74) is 6.08. The van der Waals surface area contributed by atoms with Crippen molar-refractivity contribution >= 4 is 61.6 Å². The van der Waals surface area contributed by atoms with E-state index in [1.54, 1.807) is 6.07 Å². The molecule has 0 bridgehead atoms. The molecule has 0 aliphatic rings. The molecular formula is C11H12BrIN2OS. The SMILES string of the molecule is CC(CC(N)=S)NC(=O)c1cc(Br)ccc1I. The molecule has 17 heavy (non-hydrogen) atoms. The molecule has 0 saturated heterocycles.